The molecule has 1 aromatic rings. The summed E-state index contributed by atoms with van der Waals surface area (Å²) in [5.74, 6) is -0.482. The Kier molecular flexibility index (Phi) is 5.39. The van der Waals surface area contributed by atoms with Crippen molar-refractivity contribution in [1.82, 2.24) is 0 Å². The van der Waals surface area contributed by atoms with E-state index in [0.717, 1.165) is 12.1 Å². The lowest BCUT2D eigenvalue weighted by Gasteiger charge is -2.10. The third-order valence-electron chi connectivity index (χ3n) is 3.89. The number of hydrogen-bond donors (Lipinski definition) is 1. The second-order valence-electron chi connectivity index (χ2n) is 5.74. The third kappa shape index (κ3) is 4.84. The molecule has 5 heteroatoms. The van der Waals surface area contributed by atoms with Gasteiger partial charge in [0.2, 0.25) is 5.91 Å². The maximum atomic E-state index is 12.0. The number of unbranched alkanes of at least 4 members (excludes halogenated alkanes) is 2. The number of benzene rings is 1. The number of carbonyl (C=O) groups excluding carboxylic acids is 1. The van der Waals surface area contributed by atoms with Gasteiger partial charge < -0.3 is 5.32 Å². The lowest BCUT2D eigenvalue weighted by molar-refractivity contribution is -0.119. The Bertz CT molecular complexity index is 578. The van der Waals surface area contributed by atoms with Crippen molar-refractivity contribution in [3.63, 3.8) is 0 Å². The minimum atomic E-state index is -3.01. The van der Waals surface area contributed by atoms with E-state index in [1.807, 2.05) is 24.3 Å². The first-order valence-corrected chi connectivity index (χ1v) is 9.42. The first kappa shape index (κ1) is 16.0. The second-order valence-corrected chi connectivity index (χ2v) is 7.97. The smallest absolute Gasteiger partial charge is 0.228 e. The highest BCUT2D eigenvalue weighted by Gasteiger charge is 2.32. The van der Waals surface area contributed by atoms with Crippen LogP contribution in [0.4, 0.5) is 5.69 Å². The minimum Gasteiger partial charge on any atom is -0.326 e. The molecule has 116 valence electrons. The minimum absolute atomic E-state index is 0.0199. The fourth-order valence-corrected chi connectivity index (χ4v) is 4.32. The molecule has 0 radical (unpaired) electrons. The van der Waals surface area contributed by atoms with E-state index in [1.54, 1.807) is 0 Å². The Morgan fingerprint density at radius 3 is 2.52 bits per heavy atom. The molecule has 1 aromatic carbocycles. The van der Waals surface area contributed by atoms with Gasteiger partial charge in [-0.15, -0.1) is 0 Å². The molecule has 1 unspecified atom stereocenters. The molecule has 1 atom stereocenters. The van der Waals surface area contributed by atoms with E-state index < -0.39 is 15.8 Å². The van der Waals surface area contributed by atoms with Gasteiger partial charge >= 0.3 is 0 Å². The number of sulfone groups is 1. The molecule has 1 fully saturated rings. The van der Waals surface area contributed by atoms with Crippen LogP contribution in [0.3, 0.4) is 0 Å². The van der Waals surface area contributed by atoms with Crippen molar-refractivity contribution >= 4 is 21.4 Å². The number of rotatable bonds is 6. The Hall–Kier alpha value is -1.36. The van der Waals surface area contributed by atoms with Crippen LogP contribution in [0, 0.1) is 5.92 Å². The summed E-state index contributed by atoms with van der Waals surface area (Å²) in [7, 11) is -3.01. The van der Waals surface area contributed by atoms with Gasteiger partial charge in [0.05, 0.1) is 17.4 Å². The van der Waals surface area contributed by atoms with Crippen molar-refractivity contribution in [2.75, 3.05) is 16.8 Å². The second kappa shape index (κ2) is 7.07. The van der Waals surface area contributed by atoms with E-state index in [9.17, 15) is 13.2 Å². The first-order chi connectivity index (χ1) is 10.00. The fraction of sp³-hybridized carbons (Fsp3) is 0.562. The van der Waals surface area contributed by atoms with Crippen LogP contribution >= 0.6 is 0 Å². The molecule has 0 bridgehead atoms. The predicted octanol–water partition coefficient (Wildman–Crippen LogP) is 2.79. The largest absolute Gasteiger partial charge is 0.326 e. The molecule has 1 saturated heterocycles. The van der Waals surface area contributed by atoms with Gasteiger partial charge in [0.15, 0.2) is 9.84 Å². The SMILES string of the molecule is CCCCCc1ccc(NC(=O)C2CCS(=O)(=O)C2)cc1. The first-order valence-electron chi connectivity index (χ1n) is 7.60. The fourth-order valence-electron chi connectivity index (χ4n) is 2.58. The average Bonchev–Trinajstić information content (AvgIpc) is 2.81. The molecule has 0 spiro atoms. The summed E-state index contributed by atoms with van der Waals surface area (Å²) in [6.45, 7) is 2.18. The number of hydrogen-bond acceptors (Lipinski definition) is 3. The highest BCUT2D eigenvalue weighted by Crippen LogP contribution is 2.20. The van der Waals surface area contributed by atoms with Crippen LogP contribution < -0.4 is 5.32 Å². The van der Waals surface area contributed by atoms with E-state index in [4.69, 9.17) is 0 Å². The van der Waals surface area contributed by atoms with Gasteiger partial charge in [-0.3, -0.25) is 4.79 Å². The molecule has 1 amide bonds. The zero-order valence-electron chi connectivity index (χ0n) is 12.5. The monoisotopic (exact) mass is 309 g/mol. The number of aryl methyl sites for hydroxylation is 1. The molecule has 21 heavy (non-hydrogen) atoms. The summed E-state index contributed by atoms with van der Waals surface area (Å²) in [5.41, 5.74) is 2.01. The zero-order chi connectivity index (χ0) is 15.3. The van der Waals surface area contributed by atoms with Crippen molar-refractivity contribution in [3.8, 4) is 0 Å². The zero-order valence-corrected chi connectivity index (χ0v) is 13.3. The van der Waals surface area contributed by atoms with Crippen LogP contribution in [0.1, 0.15) is 38.2 Å². The molecular formula is C16H23NO3S. The summed E-state index contributed by atoms with van der Waals surface area (Å²) in [4.78, 5) is 12.0. The molecule has 1 heterocycles. The molecular weight excluding hydrogens is 286 g/mol. The molecule has 4 nitrogen and oxygen atoms in total. The van der Waals surface area contributed by atoms with Crippen LogP contribution in [0.15, 0.2) is 24.3 Å². The van der Waals surface area contributed by atoms with E-state index in [1.165, 1.54) is 24.8 Å². The number of carbonyl (C=O) groups is 1. The molecule has 1 aliphatic rings. The molecule has 0 aromatic heterocycles. The molecule has 0 saturated carbocycles. The summed E-state index contributed by atoms with van der Waals surface area (Å²) in [6.07, 6.45) is 5.11. The quantitative estimate of drug-likeness (QED) is 0.822. The lowest BCUT2D eigenvalue weighted by Crippen LogP contribution is -2.23. The van der Waals surface area contributed by atoms with E-state index >= 15 is 0 Å². The van der Waals surface area contributed by atoms with Crippen molar-refractivity contribution < 1.29 is 13.2 Å². The average molecular weight is 309 g/mol. The molecule has 0 aliphatic carbocycles. The van der Waals surface area contributed by atoms with E-state index in [0.29, 0.717) is 6.42 Å². The highest BCUT2D eigenvalue weighted by molar-refractivity contribution is 7.91. The van der Waals surface area contributed by atoms with Gasteiger partial charge in [-0.2, -0.15) is 0 Å². The van der Waals surface area contributed by atoms with Crippen molar-refractivity contribution in [1.29, 1.82) is 0 Å². The predicted molar refractivity (Wildman–Crippen MR) is 85.1 cm³/mol. The van der Waals surface area contributed by atoms with Crippen LogP contribution in [-0.4, -0.2) is 25.8 Å². The highest BCUT2D eigenvalue weighted by atomic mass is 32.2. The van der Waals surface area contributed by atoms with Gasteiger partial charge in [-0.25, -0.2) is 8.42 Å². The number of anilines is 1. The Labute approximate surface area is 126 Å². The number of nitrogens with one attached hydrogen (secondary N) is 1. The summed E-state index contributed by atoms with van der Waals surface area (Å²) in [6, 6.07) is 7.83. The standard InChI is InChI=1S/C16H23NO3S/c1-2-3-4-5-13-6-8-15(9-7-13)17-16(18)14-10-11-21(19,20)12-14/h6-9,14H,2-5,10-12H2,1H3,(H,17,18). The van der Waals surface area contributed by atoms with Crippen LogP contribution in [-0.2, 0) is 21.1 Å². The Morgan fingerprint density at radius 1 is 1.24 bits per heavy atom. The third-order valence-corrected chi connectivity index (χ3v) is 5.66. The van der Waals surface area contributed by atoms with Crippen molar-refractivity contribution in [3.05, 3.63) is 29.8 Å². The van der Waals surface area contributed by atoms with Crippen LogP contribution in [0.2, 0.25) is 0 Å². The Morgan fingerprint density at radius 2 is 1.95 bits per heavy atom. The van der Waals surface area contributed by atoms with Gasteiger partial charge in [-0.1, -0.05) is 31.9 Å². The van der Waals surface area contributed by atoms with Gasteiger partial charge in [0.1, 0.15) is 0 Å². The summed E-state index contributed by atoms with van der Waals surface area (Å²) < 4.78 is 22.8. The number of amides is 1. The van der Waals surface area contributed by atoms with Crippen LogP contribution in [0.25, 0.3) is 0 Å². The van der Waals surface area contributed by atoms with Gasteiger partial charge in [0.25, 0.3) is 0 Å². The van der Waals surface area contributed by atoms with E-state index in [2.05, 4.69) is 12.2 Å². The maximum Gasteiger partial charge on any atom is 0.228 e. The van der Waals surface area contributed by atoms with Gasteiger partial charge in [0, 0.05) is 5.69 Å². The van der Waals surface area contributed by atoms with Crippen molar-refractivity contribution in [2.24, 2.45) is 5.92 Å². The maximum absolute atomic E-state index is 12.0. The molecule has 1 aliphatic heterocycles. The normalized spacial score (nSPS) is 20.3. The van der Waals surface area contributed by atoms with Crippen molar-refractivity contribution in [2.45, 2.75) is 39.0 Å². The van der Waals surface area contributed by atoms with Crippen LogP contribution in [0.5, 0.6) is 0 Å². The summed E-state index contributed by atoms with van der Waals surface area (Å²) in [5, 5.41) is 2.81. The van der Waals surface area contributed by atoms with E-state index in [-0.39, 0.29) is 17.4 Å². The lowest BCUT2D eigenvalue weighted by atomic mass is 10.1. The molecule has 2 rings (SSSR count). The molecule has 1 N–H and O–H groups in total. The van der Waals surface area contributed by atoms with Gasteiger partial charge in [-0.05, 0) is 37.0 Å². The topological polar surface area (TPSA) is 63.2 Å². The Balaban J connectivity index is 1.87. The summed E-state index contributed by atoms with van der Waals surface area (Å²) >= 11 is 0.